The predicted molar refractivity (Wildman–Crippen MR) is 86.4 cm³/mol. The van der Waals surface area contributed by atoms with Crippen LogP contribution < -0.4 is 10.6 Å². The third kappa shape index (κ3) is 5.98. The van der Waals surface area contributed by atoms with Crippen LogP contribution in [0, 0.1) is 5.82 Å². The fourth-order valence-corrected chi connectivity index (χ4v) is 2.73. The Labute approximate surface area is 136 Å². The van der Waals surface area contributed by atoms with Crippen molar-refractivity contribution in [1.29, 1.82) is 0 Å². The molecule has 1 aliphatic heterocycles. The number of carbonyl (C=O) groups excluding carboxylic acids is 2. The van der Waals surface area contributed by atoms with Crippen LogP contribution in [-0.4, -0.2) is 49.4 Å². The molecule has 0 spiro atoms. The van der Waals surface area contributed by atoms with Crippen LogP contribution in [0.3, 0.4) is 0 Å². The summed E-state index contributed by atoms with van der Waals surface area (Å²) < 4.78 is 12.8. The largest absolute Gasteiger partial charge is 0.358 e. The number of nitrogens with one attached hydrogen (secondary N) is 2. The monoisotopic (exact) mass is 321 g/mol. The van der Waals surface area contributed by atoms with E-state index in [0.717, 1.165) is 31.5 Å². The summed E-state index contributed by atoms with van der Waals surface area (Å²) in [7, 11) is 1.64. The van der Waals surface area contributed by atoms with E-state index >= 15 is 0 Å². The number of likely N-dealkylation sites (N-methyl/N-ethyl adjacent to an activating group) is 1. The lowest BCUT2D eigenvalue weighted by Crippen LogP contribution is -2.47. The second-order valence-corrected chi connectivity index (χ2v) is 5.92. The number of nitrogens with zero attached hydrogens (tertiary/aromatic N) is 1. The van der Waals surface area contributed by atoms with Gasteiger partial charge in [0.05, 0.1) is 6.54 Å². The Morgan fingerprint density at radius 3 is 2.43 bits per heavy atom. The molecule has 1 heterocycles. The second kappa shape index (κ2) is 8.62. The predicted octanol–water partition coefficient (Wildman–Crippen LogP) is 1.08. The first kappa shape index (κ1) is 17.4. The van der Waals surface area contributed by atoms with E-state index in [9.17, 15) is 14.0 Å². The van der Waals surface area contributed by atoms with E-state index in [1.165, 1.54) is 12.1 Å². The molecule has 2 rings (SSSR count). The number of likely N-dealkylation sites (tertiary alicyclic amines) is 1. The van der Waals surface area contributed by atoms with E-state index in [1.54, 1.807) is 19.2 Å². The van der Waals surface area contributed by atoms with Crippen molar-refractivity contribution in [3.63, 3.8) is 0 Å². The number of carbonyl (C=O) groups is 2. The molecule has 0 bridgehead atoms. The van der Waals surface area contributed by atoms with Gasteiger partial charge in [0.1, 0.15) is 5.82 Å². The maximum Gasteiger partial charge on any atom is 0.233 e. The van der Waals surface area contributed by atoms with Crippen LogP contribution >= 0.6 is 0 Å². The number of halogens is 1. The molecular formula is C17H24FN3O2. The van der Waals surface area contributed by atoms with Crippen molar-refractivity contribution in [3.05, 3.63) is 35.6 Å². The van der Waals surface area contributed by atoms with Crippen LogP contribution in [0.25, 0.3) is 0 Å². The summed E-state index contributed by atoms with van der Waals surface area (Å²) in [5.41, 5.74) is 0.960. The summed E-state index contributed by atoms with van der Waals surface area (Å²) in [6, 6.07) is 6.42. The Morgan fingerprint density at radius 1 is 1.17 bits per heavy atom. The van der Waals surface area contributed by atoms with E-state index in [4.69, 9.17) is 0 Å². The molecule has 0 aliphatic carbocycles. The summed E-state index contributed by atoms with van der Waals surface area (Å²) >= 11 is 0. The highest BCUT2D eigenvalue weighted by atomic mass is 19.1. The highest BCUT2D eigenvalue weighted by molar-refractivity contribution is 5.77. The van der Waals surface area contributed by atoms with Crippen molar-refractivity contribution in [3.8, 4) is 0 Å². The van der Waals surface area contributed by atoms with Gasteiger partial charge in [0.15, 0.2) is 0 Å². The Hall–Kier alpha value is -1.95. The molecule has 0 saturated carbocycles. The number of benzene rings is 1. The maximum absolute atomic E-state index is 12.8. The third-order valence-corrected chi connectivity index (χ3v) is 4.15. The van der Waals surface area contributed by atoms with Crippen molar-refractivity contribution in [1.82, 2.24) is 15.5 Å². The number of aryl methyl sites for hydroxylation is 1. The van der Waals surface area contributed by atoms with Gasteiger partial charge in [-0.05, 0) is 37.0 Å². The lowest BCUT2D eigenvalue weighted by atomic mass is 10.0. The first-order valence-corrected chi connectivity index (χ1v) is 8.03. The summed E-state index contributed by atoms with van der Waals surface area (Å²) in [4.78, 5) is 25.4. The van der Waals surface area contributed by atoms with E-state index in [1.807, 2.05) is 0 Å². The molecule has 1 aliphatic rings. The van der Waals surface area contributed by atoms with Crippen LogP contribution in [0.15, 0.2) is 24.3 Å². The highest BCUT2D eigenvalue weighted by Gasteiger charge is 2.21. The molecule has 5 nitrogen and oxygen atoms in total. The minimum Gasteiger partial charge on any atom is -0.358 e. The van der Waals surface area contributed by atoms with Gasteiger partial charge in [-0.3, -0.25) is 14.5 Å². The first-order chi connectivity index (χ1) is 11.1. The molecule has 0 atom stereocenters. The van der Waals surface area contributed by atoms with Crippen molar-refractivity contribution in [2.24, 2.45) is 0 Å². The minimum atomic E-state index is -0.262. The normalized spacial score (nSPS) is 16.1. The summed E-state index contributed by atoms with van der Waals surface area (Å²) in [5, 5.41) is 5.67. The maximum atomic E-state index is 12.8. The zero-order chi connectivity index (χ0) is 16.7. The highest BCUT2D eigenvalue weighted by Crippen LogP contribution is 2.11. The van der Waals surface area contributed by atoms with Gasteiger partial charge in [-0.15, -0.1) is 0 Å². The molecule has 2 N–H and O–H groups in total. The van der Waals surface area contributed by atoms with Gasteiger partial charge in [0, 0.05) is 32.6 Å². The minimum absolute atomic E-state index is 0.0202. The lowest BCUT2D eigenvalue weighted by molar-refractivity contribution is -0.124. The zero-order valence-electron chi connectivity index (χ0n) is 13.5. The van der Waals surface area contributed by atoms with Gasteiger partial charge < -0.3 is 10.6 Å². The van der Waals surface area contributed by atoms with Gasteiger partial charge in [0.2, 0.25) is 11.8 Å². The molecular weight excluding hydrogens is 297 g/mol. The number of piperidine rings is 1. The average Bonchev–Trinajstić information content (AvgIpc) is 2.56. The molecule has 1 fully saturated rings. The fraction of sp³-hybridized carbons (Fsp3) is 0.529. The number of hydrogen-bond acceptors (Lipinski definition) is 3. The van der Waals surface area contributed by atoms with Crippen molar-refractivity contribution >= 4 is 11.8 Å². The van der Waals surface area contributed by atoms with Crippen LogP contribution in [0.1, 0.15) is 24.8 Å². The van der Waals surface area contributed by atoms with E-state index in [-0.39, 0.29) is 23.7 Å². The molecule has 1 aromatic rings. The number of hydrogen-bond donors (Lipinski definition) is 2. The molecule has 2 amide bonds. The molecule has 6 heteroatoms. The Kier molecular flexibility index (Phi) is 6.52. The molecule has 1 saturated heterocycles. The molecule has 126 valence electrons. The van der Waals surface area contributed by atoms with Gasteiger partial charge in [-0.1, -0.05) is 12.1 Å². The van der Waals surface area contributed by atoms with Gasteiger partial charge in [-0.2, -0.15) is 0 Å². The molecule has 0 radical (unpaired) electrons. The quantitative estimate of drug-likeness (QED) is 0.824. The molecule has 23 heavy (non-hydrogen) atoms. The average molecular weight is 321 g/mol. The lowest BCUT2D eigenvalue weighted by Gasteiger charge is -2.31. The summed E-state index contributed by atoms with van der Waals surface area (Å²) in [6.45, 7) is 2.05. The number of rotatable bonds is 6. The van der Waals surface area contributed by atoms with Crippen LogP contribution in [0.5, 0.6) is 0 Å². The van der Waals surface area contributed by atoms with Gasteiger partial charge in [0.25, 0.3) is 0 Å². The summed E-state index contributed by atoms with van der Waals surface area (Å²) in [6.07, 6.45) is 2.74. The van der Waals surface area contributed by atoms with Gasteiger partial charge >= 0.3 is 0 Å². The number of amides is 2. The Balaban J connectivity index is 1.66. The topological polar surface area (TPSA) is 61.4 Å². The first-order valence-electron chi connectivity index (χ1n) is 8.03. The zero-order valence-corrected chi connectivity index (χ0v) is 13.5. The summed E-state index contributed by atoms with van der Waals surface area (Å²) in [5.74, 6) is -0.215. The smallest absolute Gasteiger partial charge is 0.233 e. The van der Waals surface area contributed by atoms with E-state index in [2.05, 4.69) is 15.5 Å². The SMILES string of the molecule is CNC(=O)CN1CCC(NC(=O)CCc2ccc(F)cc2)CC1. The standard InChI is InChI=1S/C17H24FN3O2/c1-19-17(23)12-21-10-8-15(9-11-21)20-16(22)7-4-13-2-5-14(18)6-3-13/h2-3,5-6,15H,4,7-12H2,1H3,(H,19,23)(H,20,22). The molecule has 0 aromatic heterocycles. The van der Waals surface area contributed by atoms with E-state index in [0.29, 0.717) is 19.4 Å². The third-order valence-electron chi connectivity index (χ3n) is 4.15. The fourth-order valence-electron chi connectivity index (χ4n) is 2.73. The van der Waals surface area contributed by atoms with E-state index < -0.39 is 0 Å². The Bertz CT molecular complexity index is 525. The van der Waals surface area contributed by atoms with Crippen molar-refractivity contribution in [2.75, 3.05) is 26.7 Å². The Morgan fingerprint density at radius 2 is 1.83 bits per heavy atom. The van der Waals surface area contributed by atoms with Crippen LogP contribution in [0.2, 0.25) is 0 Å². The second-order valence-electron chi connectivity index (χ2n) is 5.92. The molecule has 1 aromatic carbocycles. The van der Waals surface area contributed by atoms with Crippen LogP contribution in [-0.2, 0) is 16.0 Å². The van der Waals surface area contributed by atoms with Gasteiger partial charge in [-0.25, -0.2) is 4.39 Å². The van der Waals surface area contributed by atoms with Crippen molar-refractivity contribution in [2.45, 2.75) is 31.7 Å². The molecule has 0 unspecified atom stereocenters. The van der Waals surface area contributed by atoms with Crippen molar-refractivity contribution < 1.29 is 14.0 Å². The van der Waals surface area contributed by atoms with Crippen LogP contribution in [0.4, 0.5) is 4.39 Å².